The Morgan fingerprint density at radius 2 is 2.07 bits per heavy atom. The van der Waals surface area contributed by atoms with Gasteiger partial charge in [-0.25, -0.2) is 4.79 Å². The summed E-state index contributed by atoms with van der Waals surface area (Å²) >= 11 is 6.30. The van der Waals surface area contributed by atoms with Crippen molar-refractivity contribution in [1.29, 1.82) is 0 Å². The molecule has 11 heteroatoms. The van der Waals surface area contributed by atoms with Gasteiger partial charge in [0.25, 0.3) is 5.79 Å². The molecule has 3 N–H and O–H groups in total. The zero-order valence-electron chi connectivity index (χ0n) is 14.4. The number of carbonyl (C=O) groups excluding carboxylic acids is 3. The number of hydrogen-bond acceptors (Lipinski definition) is 9. The van der Waals surface area contributed by atoms with Crippen LogP contribution in [0.15, 0.2) is 11.3 Å². The molecule has 0 aromatic rings. The van der Waals surface area contributed by atoms with Gasteiger partial charge in [0, 0.05) is 18.2 Å². The number of likely N-dealkylation sites (N-methyl/N-ethyl adjacent to an activating group) is 1. The number of ketones is 2. The number of rotatable bonds is 2. The number of carbonyl (C=O) groups is 3. The number of aliphatic hydroxyl groups is 1. The lowest BCUT2D eigenvalue weighted by atomic mass is 9.80. The van der Waals surface area contributed by atoms with E-state index in [2.05, 4.69) is 0 Å². The lowest BCUT2D eigenvalue weighted by molar-refractivity contribution is -0.181. The van der Waals surface area contributed by atoms with Crippen molar-refractivity contribution in [1.82, 2.24) is 9.80 Å². The number of nitrogens with zero attached hydrogens (tertiary/aromatic N) is 2. The number of fused-ring (bicyclic) bond motifs is 4. The van der Waals surface area contributed by atoms with Gasteiger partial charge in [0.15, 0.2) is 11.1 Å². The maximum absolute atomic E-state index is 13.3. The second-order valence-corrected chi connectivity index (χ2v) is 7.87. The van der Waals surface area contributed by atoms with Crippen molar-refractivity contribution in [3.05, 3.63) is 11.3 Å². The Kier molecular flexibility index (Phi) is 3.35. The molecule has 27 heavy (non-hydrogen) atoms. The molecule has 4 heterocycles. The van der Waals surface area contributed by atoms with Crippen molar-refractivity contribution >= 4 is 29.3 Å². The van der Waals surface area contributed by atoms with Crippen LogP contribution in [0.4, 0.5) is 4.79 Å². The van der Waals surface area contributed by atoms with Gasteiger partial charge in [-0.05, 0) is 7.05 Å². The quantitative estimate of drug-likeness (QED) is 0.406. The van der Waals surface area contributed by atoms with Crippen molar-refractivity contribution < 1.29 is 33.7 Å². The Morgan fingerprint density at radius 3 is 2.70 bits per heavy atom. The van der Waals surface area contributed by atoms with E-state index in [9.17, 15) is 19.5 Å². The van der Waals surface area contributed by atoms with E-state index in [1.54, 1.807) is 0 Å². The van der Waals surface area contributed by atoms with Crippen molar-refractivity contribution in [2.75, 3.05) is 33.4 Å². The van der Waals surface area contributed by atoms with Crippen molar-refractivity contribution in [2.24, 2.45) is 11.7 Å². The molecule has 1 aliphatic carbocycles. The van der Waals surface area contributed by atoms with E-state index in [-0.39, 0.29) is 43.2 Å². The normalized spacial score (nSPS) is 43.8. The number of piperazine rings is 1. The number of halogens is 1. The number of Topliss-reactive ketones (excluding diaryl/α,β-unsaturated/α-hetero) is 2. The number of amides is 1. The molecule has 0 bridgehead atoms. The van der Waals surface area contributed by atoms with Crippen LogP contribution in [-0.4, -0.2) is 95.0 Å². The first kappa shape index (κ1) is 17.4. The molecule has 5 rings (SSSR count). The van der Waals surface area contributed by atoms with Crippen LogP contribution in [0.25, 0.3) is 0 Å². The first-order valence-corrected chi connectivity index (χ1v) is 9.08. The highest BCUT2D eigenvalue weighted by molar-refractivity contribution is 6.39. The second kappa shape index (κ2) is 5.21. The molecule has 10 nitrogen and oxygen atoms in total. The summed E-state index contributed by atoms with van der Waals surface area (Å²) in [5.74, 6) is -4.04. The summed E-state index contributed by atoms with van der Waals surface area (Å²) in [6.07, 6.45) is -1.04. The molecule has 146 valence electrons. The van der Waals surface area contributed by atoms with Gasteiger partial charge in [-0.3, -0.25) is 14.5 Å². The second-order valence-electron chi connectivity index (χ2n) is 7.44. The fraction of sp³-hybridized carbons (Fsp3) is 0.688. The highest BCUT2D eigenvalue weighted by Crippen LogP contribution is 2.58. The minimum Gasteiger partial charge on any atom is -0.449 e. The van der Waals surface area contributed by atoms with E-state index in [4.69, 9.17) is 31.5 Å². The van der Waals surface area contributed by atoms with E-state index in [1.165, 1.54) is 4.90 Å². The van der Waals surface area contributed by atoms with Gasteiger partial charge in [-0.2, -0.15) is 0 Å². The molecule has 1 amide bonds. The number of hydrogen-bond donors (Lipinski definition) is 2. The van der Waals surface area contributed by atoms with Crippen LogP contribution in [-0.2, 0) is 23.8 Å². The van der Waals surface area contributed by atoms with Gasteiger partial charge < -0.3 is 30.0 Å². The molecule has 3 saturated heterocycles. The summed E-state index contributed by atoms with van der Waals surface area (Å²) in [4.78, 5) is 41.1. The molecule has 0 aromatic carbocycles. The Balaban J connectivity index is 1.64. The van der Waals surface area contributed by atoms with Crippen LogP contribution >= 0.6 is 11.6 Å². The third kappa shape index (κ3) is 1.87. The largest absolute Gasteiger partial charge is 0.449 e. The number of nitrogens with two attached hydrogens (primary N) is 1. The van der Waals surface area contributed by atoms with Gasteiger partial charge in [-0.15, -0.1) is 11.6 Å². The third-order valence-electron chi connectivity index (χ3n) is 6.33. The lowest BCUT2D eigenvalue weighted by Gasteiger charge is -2.37. The minimum absolute atomic E-state index is 0.0290. The molecule has 1 spiro atoms. The van der Waals surface area contributed by atoms with Crippen LogP contribution in [0.2, 0.25) is 0 Å². The topological polar surface area (TPSA) is 131 Å². The number of ether oxygens (including phenoxy) is 3. The Hall–Kier alpha value is -1.72. The lowest BCUT2D eigenvalue weighted by Crippen LogP contribution is -2.57. The van der Waals surface area contributed by atoms with Crippen molar-refractivity contribution in [3.8, 4) is 0 Å². The molecule has 6 atom stereocenters. The maximum atomic E-state index is 13.3. The van der Waals surface area contributed by atoms with Gasteiger partial charge >= 0.3 is 6.09 Å². The molecule has 0 radical (unpaired) electrons. The van der Waals surface area contributed by atoms with Gasteiger partial charge in [0.1, 0.15) is 6.61 Å². The van der Waals surface area contributed by atoms with Crippen molar-refractivity contribution in [2.45, 2.75) is 29.0 Å². The standard InChI is InChI=1S/C16H18ClN3O7/c1-19-7-4-20-9-8(6(5-25-14(18)23)15(20,24)12(7)19)13(22)16(11(17)10(9)21)26-2-3-27-16/h6-7,11-12,24H,2-5H2,1H3,(H2,18,23)/t6-,7-,11?,12-,15+,19?/m0/s1. The number of alkyl halides is 1. The summed E-state index contributed by atoms with van der Waals surface area (Å²) < 4.78 is 15.9. The molecular formula is C16H18ClN3O7. The minimum atomic E-state index is -1.91. The number of allylic oxidation sites excluding steroid dienone is 1. The average Bonchev–Trinajstić information content (AvgIpc) is 2.97. The summed E-state index contributed by atoms with van der Waals surface area (Å²) in [6, 6.07) is -0.271. The van der Waals surface area contributed by atoms with Gasteiger partial charge in [0.2, 0.25) is 11.6 Å². The zero-order chi connectivity index (χ0) is 19.3. The van der Waals surface area contributed by atoms with Crippen LogP contribution < -0.4 is 5.73 Å². The first-order chi connectivity index (χ1) is 12.7. The molecular weight excluding hydrogens is 382 g/mol. The van der Waals surface area contributed by atoms with E-state index in [0.717, 1.165) is 0 Å². The molecule has 2 unspecified atom stereocenters. The molecule has 0 saturated carbocycles. The van der Waals surface area contributed by atoms with E-state index in [0.29, 0.717) is 6.54 Å². The molecule has 4 aliphatic heterocycles. The van der Waals surface area contributed by atoms with E-state index < -0.39 is 40.5 Å². The highest BCUT2D eigenvalue weighted by Gasteiger charge is 2.76. The summed E-state index contributed by atoms with van der Waals surface area (Å²) in [7, 11) is 1.84. The zero-order valence-corrected chi connectivity index (χ0v) is 15.1. The monoisotopic (exact) mass is 399 g/mol. The predicted octanol–water partition coefficient (Wildman–Crippen LogP) is -1.85. The van der Waals surface area contributed by atoms with Crippen molar-refractivity contribution in [3.63, 3.8) is 0 Å². The van der Waals surface area contributed by atoms with Crippen LogP contribution in [0, 0.1) is 5.92 Å². The Morgan fingerprint density at radius 1 is 1.41 bits per heavy atom. The molecule has 0 aromatic heterocycles. The molecule has 5 aliphatic rings. The number of primary amides is 1. The van der Waals surface area contributed by atoms with Gasteiger partial charge in [0.05, 0.1) is 30.9 Å². The fourth-order valence-corrected chi connectivity index (χ4v) is 5.43. The third-order valence-corrected chi connectivity index (χ3v) is 6.81. The predicted molar refractivity (Wildman–Crippen MR) is 87.3 cm³/mol. The Labute approximate surface area is 158 Å². The van der Waals surface area contributed by atoms with Gasteiger partial charge in [-0.1, -0.05) is 0 Å². The molecule has 3 fully saturated rings. The maximum Gasteiger partial charge on any atom is 0.404 e. The Bertz CT molecular complexity index is 810. The fourth-order valence-electron chi connectivity index (χ4n) is 5.10. The van der Waals surface area contributed by atoms with E-state index >= 15 is 0 Å². The summed E-state index contributed by atoms with van der Waals surface area (Å²) in [5.41, 5.74) is 3.60. The summed E-state index contributed by atoms with van der Waals surface area (Å²) in [6.45, 7) is 0.255. The van der Waals surface area contributed by atoms with Crippen LogP contribution in [0.5, 0.6) is 0 Å². The summed E-state index contributed by atoms with van der Waals surface area (Å²) in [5, 5.41) is 10.2. The SMILES string of the molecule is CN1[C@H]2[C@@H]1CN1C3=C(C(=O)C4(OCCO4)C(Cl)C3=O)[C@H](COC(N)=O)[C@@]21O. The highest BCUT2D eigenvalue weighted by atomic mass is 35.5. The first-order valence-electron chi connectivity index (χ1n) is 8.64. The average molecular weight is 400 g/mol. The smallest absolute Gasteiger partial charge is 0.404 e. The van der Waals surface area contributed by atoms with Crippen LogP contribution in [0.1, 0.15) is 0 Å². The van der Waals surface area contributed by atoms with E-state index in [1.807, 2.05) is 11.9 Å². The van der Waals surface area contributed by atoms with Crippen LogP contribution in [0.3, 0.4) is 0 Å².